The summed E-state index contributed by atoms with van der Waals surface area (Å²) in [5.41, 5.74) is 6.41. The monoisotopic (exact) mass is 502 g/mol. The summed E-state index contributed by atoms with van der Waals surface area (Å²) in [6.45, 7) is 14.6. The second-order valence-electron chi connectivity index (χ2n) is 9.09. The summed E-state index contributed by atoms with van der Waals surface area (Å²) in [7, 11) is 0. The molecule has 1 aliphatic heterocycles. The average molecular weight is 503 g/mol. The van der Waals surface area contributed by atoms with Gasteiger partial charge in [-0.1, -0.05) is 81.9 Å². The first kappa shape index (κ1) is 33.4. The van der Waals surface area contributed by atoms with Gasteiger partial charge in [-0.05, 0) is 57.6 Å². The minimum Gasteiger partial charge on any atom is -0.307 e. The maximum Gasteiger partial charge on any atom is 0.270 e. The summed E-state index contributed by atoms with van der Waals surface area (Å²) in [5, 5.41) is 4.33. The van der Waals surface area contributed by atoms with Crippen molar-refractivity contribution in [3.05, 3.63) is 71.4 Å². The molecule has 0 amide bonds. The maximum atomic E-state index is 13.4. The molecule has 2 unspecified atom stereocenters. The highest BCUT2D eigenvalue weighted by Crippen LogP contribution is 2.27. The van der Waals surface area contributed by atoms with Crippen LogP contribution in [0.1, 0.15) is 93.9 Å². The van der Waals surface area contributed by atoms with Gasteiger partial charge in [0.1, 0.15) is 5.78 Å². The van der Waals surface area contributed by atoms with Gasteiger partial charge in [0.25, 0.3) is 5.92 Å². The molecule has 0 aromatic heterocycles. The van der Waals surface area contributed by atoms with E-state index in [9.17, 15) is 13.6 Å². The highest BCUT2D eigenvalue weighted by atomic mass is 19.3. The lowest BCUT2D eigenvalue weighted by atomic mass is 9.88. The van der Waals surface area contributed by atoms with Crippen molar-refractivity contribution in [2.24, 2.45) is 11.0 Å². The average Bonchev–Trinajstić information content (AvgIpc) is 3.27. The van der Waals surface area contributed by atoms with Crippen LogP contribution in [0, 0.1) is 5.92 Å². The van der Waals surface area contributed by atoms with Gasteiger partial charge in [-0.2, -0.15) is 5.10 Å². The second-order valence-corrected chi connectivity index (χ2v) is 9.09. The summed E-state index contributed by atoms with van der Waals surface area (Å²) in [6.07, 6.45) is 22.0. The number of carbonyl (C=O) groups is 1. The Kier molecular flexibility index (Phi) is 17.3. The van der Waals surface area contributed by atoms with Crippen LogP contribution in [0.3, 0.4) is 0 Å². The molecule has 0 fully saturated rings. The Morgan fingerprint density at radius 1 is 1.14 bits per heavy atom. The zero-order valence-electron chi connectivity index (χ0n) is 23.7. The zero-order chi connectivity index (χ0) is 27.6. The van der Waals surface area contributed by atoms with Crippen molar-refractivity contribution in [3.8, 4) is 0 Å². The maximum absolute atomic E-state index is 13.4. The number of nitrogens with zero attached hydrogens (tertiary/aromatic N) is 1. The largest absolute Gasteiger partial charge is 0.307 e. The van der Waals surface area contributed by atoms with E-state index in [0.29, 0.717) is 18.9 Å². The number of nitrogens with one attached hydrogen (secondary N) is 1. The quantitative estimate of drug-likeness (QED) is 0.255. The van der Waals surface area contributed by atoms with Crippen molar-refractivity contribution in [1.82, 2.24) is 5.43 Å². The standard InChI is InChI=1S/C18H28F2O.C13H20N2/c1-6-10-15(13-17(21)9-4)14(7-2)11-12-16(8-3)18(5,19)20;1-4-6-7-9-12(8-5-2)13-10-11(3)14-15-13/h7-8,11-12,15H,6,9-10,13H2,1-5H3;5-9,11,14H,4,10H2,1-3H3/b12-11-,14-7+,16-8+;7-6+,8-5-,12-9+. The van der Waals surface area contributed by atoms with Crippen LogP contribution < -0.4 is 5.43 Å². The Morgan fingerprint density at radius 2 is 1.83 bits per heavy atom. The summed E-state index contributed by atoms with van der Waals surface area (Å²) in [4.78, 5) is 11.7. The van der Waals surface area contributed by atoms with Crippen molar-refractivity contribution in [1.29, 1.82) is 0 Å². The van der Waals surface area contributed by atoms with Gasteiger partial charge in [0.15, 0.2) is 0 Å². The molecule has 1 N–H and O–H groups in total. The number of alkyl halides is 2. The lowest BCUT2D eigenvalue weighted by Gasteiger charge is -2.17. The van der Waals surface area contributed by atoms with Crippen LogP contribution in [0.15, 0.2) is 76.5 Å². The minimum atomic E-state index is -2.84. The van der Waals surface area contributed by atoms with E-state index >= 15 is 0 Å². The van der Waals surface area contributed by atoms with Gasteiger partial charge in [0.2, 0.25) is 0 Å². The Morgan fingerprint density at radius 3 is 2.28 bits per heavy atom. The predicted octanol–water partition coefficient (Wildman–Crippen LogP) is 9.07. The summed E-state index contributed by atoms with van der Waals surface area (Å²) in [6, 6.07) is 0.462. The molecule has 0 saturated heterocycles. The molecule has 202 valence electrons. The van der Waals surface area contributed by atoms with E-state index in [-0.39, 0.29) is 17.3 Å². The molecule has 3 nitrogen and oxygen atoms in total. The summed E-state index contributed by atoms with van der Waals surface area (Å²) < 4.78 is 26.7. The van der Waals surface area contributed by atoms with E-state index in [1.807, 2.05) is 26.8 Å². The molecule has 0 aromatic carbocycles. The third-order valence-electron chi connectivity index (χ3n) is 5.83. The Labute approximate surface area is 218 Å². The van der Waals surface area contributed by atoms with Gasteiger partial charge in [0.05, 0.1) is 5.71 Å². The van der Waals surface area contributed by atoms with Crippen LogP contribution in [0.5, 0.6) is 0 Å². The van der Waals surface area contributed by atoms with Crippen molar-refractivity contribution in [3.63, 3.8) is 0 Å². The molecule has 2 atom stereocenters. The molecule has 0 aliphatic carbocycles. The van der Waals surface area contributed by atoms with E-state index in [0.717, 1.165) is 43.9 Å². The highest BCUT2D eigenvalue weighted by molar-refractivity contribution is 6.03. The number of ketones is 1. The van der Waals surface area contributed by atoms with Crippen LogP contribution in [0.2, 0.25) is 0 Å². The van der Waals surface area contributed by atoms with Gasteiger partial charge in [-0.25, -0.2) is 8.78 Å². The molecule has 0 bridgehead atoms. The molecule has 1 rings (SSSR count). The van der Waals surface area contributed by atoms with E-state index in [1.54, 1.807) is 13.0 Å². The predicted molar refractivity (Wildman–Crippen MR) is 153 cm³/mol. The lowest BCUT2D eigenvalue weighted by Crippen LogP contribution is -2.13. The number of allylic oxidation sites excluding steroid dienone is 12. The molecular weight excluding hydrogens is 454 g/mol. The van der Waals surface area contributed by atoms with Gasteiger partial charge in [-0.15, -0.1) is 0 Å². The van der Waals surface area contributed by atoms with E-state index < -0.39 is 5.92 Å². The van der Waals surface area contributed by atoms with E-state index in [1.165, 1.54) is 17.7 Å². The third-order valence-corrected chi connectivity index (χ3v) is 5.83. The number of hydrazone groups is 1. The van der Waals surface area contributed by atoms with E-state index in [4.69, 9.17) is 0 Å². The number of hydrogen-bond acceptors (Lipinski definition) is 3. The van der Waals surface area contributed by atoms with Crippen molar-refractivity contribution in [2.75, 3.05) is 0 Å². The zero-order valence-corrected chi connectivity index (χ0v) is 23.7. The molecule has 1 heterocycles. The lowest BCUT2D eigenvalue weighted by molar-refractivity contribution is -0.119. The molecule has 36 heavy (non-hydrogen) atoms. The van der Waals surface area contributed by atoms with Crippen LogP contribution in [-0.2, 0) is 4.79 Å². The van der Waals surface area contributed by atoms with Crippen LogP contribution in [0.4, 0.5) is 8.78 Å². The van der Waals surface area contributed by atoms with Gasteiger partial charge in [-0.3, -0.25) is 4.79 Å². The van der Waals surface area contributed by atoms with Crippen LogP contribution in [0.25, 0.3) is 0 Å². The van der Waals surface area contributed by atoms with Gasteiger partial charge in [0, 0.05) is 37.8 Å². The molecule has 0 aromatic rings. The van der Waals surface area contributed by atoms with Gasteiger partial charge >= 0.3 is 0 Å². The molecule has 0 spiro atoms. The second kappa shape index (κ2) is 18.7. The summed E-state index contributed by atoms with van der Waals surface area (Å²) in [5.74, 6) is -2.51. The van der Waals surface area contributed by atoms with Crippen LogP contribution in [-0.4, -0.2) is 23.5 Å². The number of Topliss-reactive ketones (excluding diaryl/α,β-unsaturated/α-hetero) is 1. The number of rotatable bonds is 13. The topological polar surface area (TPSA) is 41.5 Å². The Balaban J connectivity index is 0.000000717. The smallest absolute Gasteiger partial charge is 0.270 e. The molecule has 5 heteroatoms. The van der Waals surface area contributed by atoms with Crippen molar-refractivity contribution < 1.29 is 13.6 Å². The fourth-order valence-electron chi connectivity index (χ4n) is 3.79. The number of hydrogen-bond donors (Lipinski definition) is 1. The molecule has 0 saturated carbocycles. The highest BCUT2D eigenvalue weighted by Gasteiger charge is 2.25. The van der Waals surface area contributed by atoms with Gasteiger partial charge < -0.3 is 5.43 Å². The Hall–Kier alpha value is -2.56. The molecular formula is C31H48F2N2O. The first-order chi connectivity index (χ1) is 17.1. The van der Waals surface area contributed by atoms with E-state index in [2.05, 4.69) is 61.7 Å². The van der Waals surface area contributed by atoms with Crippen LogP contribution >= 0.6 is 0 Å². The third kappa shape index (κ3) is 13.5. The minimum absolute atomic E-state index is 0.00100. The number of carbonyl (C=O) groups excluding carboxylic acids is 1. The SMILES string of the molecule is C\C=C(/C=C\C(=C/C)C(C)(F)F)C(CCC)CC(=O)CC.C\C=C/C(=C\C=C\CC)C1=NNC(C)C1. The van der Waals surface area contributed by atoms with Crippen molar-refractivity contribution in [2.45, 2.75) is 106 Å². The first-order valence-corrected chi connectivity index (χ1v) is 13.3. The number of halogens is 2. The normalized spacial score (nSPS) is 18.4. The summed E-state index contributed by atoms with van der Waals surface area (Å²) >= 11 is 0. The van der Waals surface area contributed by atoms with Crippen molar-refractivity contribution >= 4 is 11.5 Å². The Bertz CT molecular complexity index is 867. The molecule has 1 aliphatic rings. The fraction of sp³-hybridized carbons (Fsp3) is 0.548. The first-order valence-electron chi connectivity index (χ1n) is 13.3. The fourth-order valence-corrected chi connectivity index (χ4v) is 3.79. The molecule has 0 radical (unpaired) electrons.